The highest BCUT2D eigenvalue weighted by Crippen LogP contribution is 2.02. The van der Waals surface area contributed by atoms with Crippen molar-refractivity contribution < 1.29 is 4.74 Å². The van der Waals surface area contributed by atoms with E-state index in [1.807, 2.05) is 0 Å². The number of nitrogens with zero attached hydrogens (tertiary/aromatic N) is 1. The molecule has 86 valence electrons. The van der Waals surface area contributed by atoms with Gasteiger partial charge in [0.1, 0.15) is 0 Å². The van der Waals surface area contributed by atoms with E-state index in [4.69, 9.17) is 10.5 Å². The van der Waals surface area contributed by atoms with Crippen LogP contribution in [0.2, 0.25) is 0 Å². The zero-order valence-electron chi connectivity index (χ0n) is 9.80. The van der Waals surface area contributed by atoms with Gasteiger partial charge in [0.2, 0.25) is 0 Å². The lowest BCUT2D eigenvalue weighted by molar-refractivity contribution is 0.160. The number of likely N-dealkylation sites (N-methyl/N-ethyl adjacent to an activating group) is 1. The minimum absolute atomic E-state index is 0.837. The standard InChI is InChI=1S/C11H26N2O/c1-13(10-11-14-2)9-7-5-3-4-6-8-12/h3-12H2,1-2H3. The quantitative estimate of drug-likeness (QED) is 0.545. The van der Waals surface area contributed by atoms with Gasteiger partial charge in [-0.25, -0.2) is 0 Å². The average Bonchev–Trinajstić information content (AvgIpc) is 2.20. The van der Waals surface area contributed by atoms with E-state index >= 15 is 0 Å². The van der Waals surface area contributed by atoms with Crippen molar-refractivity contribution in [2.24, 2.45) is 5.73 Å². The lowest BCUT2D eigenvalue weighted by Gasteiger charge is -2.15. The molecule has 0 spiro atoms. The van der Waals surface area contributed by atoms with Crippen LogP contribution in [-0.4, -0.2) is 45.3 Å². The molecule has 0 aromatic rings. The maximum absolute atomic E-state index is 5.42. The number of rotatable bonds is 10. The smallest absolute Gasteiger partial charge is 0.0589 e. The Labute approximate surface area is 88.6 Å². The van der Waals surface area contributed by atoms with E-state index in [2.05, 4.69) is 11.9 Å². The minimum atomic E-state index is 0.837. The summed E-state index contributed by atoms with van der Waals surface area (Å²) in [6.45, 7) is 3.91. The third-order valence-corrected chi connectivity index (χ3v) is 2.42. The van der Waals surface area contributed by atoms with Crippen LogP contribution in [0.15, 0.2) is 0 Å². The molecule has 0 fully saturated rings. The monoisotopic (exact) mass is 202 g/mol. The summed E-state index contributed by atoms with van der Waals surface area (Å²) in [5, 5.41) is 0. The molecular weight excluding hydrogens is 176 g/mol. The summed E-state index contributed by atoms with van der Waals surface area (Å²) < 4.78 is 5.02. The second kappa shape index (κ2) is 11.0. The van der Waals surface area contributed by atoms with Crippen molar-refractivity contribution in [1.29, 1.82) is 0 Å². The molecule has 0 saturated heterocycles. The Kier molecular flexibility index (Phi) is 10.9. The van der Waals surface area contributed by atoms with Gasteiger partial charge in [-0.2, -0.15) is 0 Å². The third-order valence-electron chi connectivity index (χ3n) is 2.42. The van der Waals surface area contributed by atoms with Crippen molar-refractivity contribution >= 4 is 0 Å². The number of nitrogens with two attached hydrogens (primary N) is 1. The molecule has 0 aromatic carbocycles. The second-order valence-corrected chi connectivity index (χ2v) is 3.85. The van der Waals surface area contributed by atoms with Gasteiger partial charge in [0.15, 0.2) is 0 Å². The van der Waals surface area contributed by atoms with Crippen molar-refractivity contribution in [3.63, 3.8) is 0 Å². The molecule has 0 radical (unpaired) electrons. The Morgan fingerprint density at radius 1 is 1.00 bits per heavy atom. The van der Waals surface area contributed by atoms with Gasteiger partial charge in [0, 0.05) is 13.7 Å². The molecule has 3 nitrogen and oxygen atoms in total. The molecule has 0 aromatic heterocycles. The molecule has 14 heavy (non-hydrogen) atoms. The normalized spacial score (nSPS) is 11.1. The lowest BCUT2D eigenvalue weighted by atomic mass is 10.1. The SMILES string of the molecule is COCCN(C)CCCCCCCN. The number of methoxy groups -OCH3 is 1. The van der Waals surface area contributed by atoms with Crippen LogP contribution >= 0.6 is 0 Å². The lowest BCUT2D eigenvalue weighted by Crippen LogP contribution is -2.23. The molecule has 0 saturated carbocycles. The van der Waals surface area contributed by atoms with Crippen LogP contribution in [0.3, 0.4) is 0 Å². The van der Waals surface area contributed by atoms with E-state index in [1.54, 1.807) is 7.11 Å². The van der Waals surface area contributed by atoms with Gasteiger partial charge >= 0.3 is 0 Å². The highest BCUT2D eigenvalue weighted by atomic mass is 16.5. The summed E-state index contributed by atoms with van der Waals surface area (Å²) in [5.74, 6) is 0. The van der Waals surface area contributed by atoms with Gasteiger partial charge < -0.3 is 15.4 Å². The molecular formula is C11H26N2O. The Bertz CT molecular complexity index is 109. The number of ether oxygens (including phenoxy) is 1. The molecule has 0 heterocycles. The summed E-state index contributed by atoms with van der Waals surface area (Å²) in [6.07, 6.45) is 6.43. The van der Waals surface area contributed by atoms with Crippen LogP contribution in [0.25, 0.3) is 0 Å². The maximum atomic E-state index is 5.42. The molecule has 0 amide bonds. The average molecular weight is 202 g/mol. The van der Waals surface area contributed by atoms with E-state index in [-0.39, 0.29) is 0 Å². The largest absolute Gasteiger partial charge is 0.383 e. The fraction of sp³-hybridized carbons (Fsp3) is 1.00. The molecule has 0 rings (SSSR count). The van der Waals surface area contributed by atoms with Crippen molar-refractivity contribution in [3.8, 4) is 0 Å². The molecule has 0 aliphatic heterocycles. The summed E-state index contributed by atoms with van der Waals surface area (Å²) in [5.41, 5.74) is 5.42. The third kappa shape index (κ3) is 9.96. The Balaban J connectivity index is 3.02. The van der Waals surface area contributed by atoms with Crippen molar-refractivity contribution in [1.82, 2.24) is 4.90 Å². The number of hydrogen-bond acceptors (Lipinski definition) is 3. The van der Waals surface area contributed by atoms with Crippen molar-refractivity contribution in [2.45, 2.75) is 32.1 Å². The van der Waals surface area contributed by atoms with Gasteiger partial charge in [-0.15, -0.1) is 0 Å². The van der Waals surface area contributed by atoms with Gasteiger partial charge in [-0.05, 0) is 33.0 Å². The first kappa shape index (κ1) is 13.9. The van der Waals surface area contributed by atoms with Gasteiger partial charge in [-0.1, -0.05) is 19.3 Å². The van der Waals surface area contributed by atoms with Crippen LogP contribution in [0.5, 0.6) is 0 Å². The van der Waals surface area contributed by atoms with Gasteiger partial charge in [0.25, 0.3) is 0 Å². The van der Waals surface area contributed by atoms with Gasteiger partial charge in [-0.3, -0.25) is 0 Å². The fourth-order valence-electron chi connectivity index (χ4n) is 1.42. The molecule has 0 unspecified atom stereocenters. The molecule has 2 N–H and O–H groups in total. The highest BCUT2D eigenvalue weighted by Gasteiger charge is 1.96. The number of hydrogen-bond donors (Lipinski definition) is 1. The van der Waals surface area contributed by atoms with E-state index in [9.17, 15) is 0 Å². The van der Waals surface area contributed by atoms with Crippen LogP contribution in [-0.2, 0) is 4.74 Å². The van der Waals surface area contributed by atoms with Crippen LogP contribution < -0.4 is 5.73 Å². The first-order valence-corrected chi connectivity index (χ1v) is 5.68. The van der Waals surface area contributed by atoms with Crippen LogP contribution in [0.4, 0.5) is 0 Å². The van der Waals surface area contributed by atoms with Crippen molar-refractivity contribution in [2.75, 3.05) is 40.4 Å². The fourth-order valence-corrected chi connectivity index (χ4v) is 1.42. The maximum Gasteiger partial charge on any atom is 0.0589 e. The molecule has 0 bridgehead atoms. The van der Waals surface area contributed by atoms with E-state index < -0.39 is 0 Å². The van der Waals surface area contributed by atoms with E-state index in [0.717, 1.165) is 19.7 Å². The van der Waals surface area contributed by atoms with Crippen molar-refractivity contribution in [3.05, 3.63) is 0 Å². The molecule has 0 atom stereocenters. The summed E-state index contributed by atoms with van der Waals surface area (Å²) in [6, 6.07) is 0. The predicted molar refractivity (Wildman–Crippen MR) is 61.5 cm³/mol. The Hall–Kier alpha value is -0.120. The summed E-state index contributed by atoms with van der Waals surface area (Å²) in [7, 11) is 3.90. The molecule has 3 heteroatoms. The van der Waals surface area contributed by atoms with Crippen LogP contribution in [0.1, 0.15) is 32.1 Å². The topological polar surface area (TPSA) is 38.5 Å². The second-order valence-electron chi connectivity index (χ2n) is 3.85. The van der Waals surface area contributed by atoms with E-state index in [0.29, 0.717) is 0 Å². The van der Waals surface area contributed by atoms with Gasteiger partial charge in [0.05, 0.1) is 6.61 Å². The molecule has 0 aliphatic carbocycles. The van der Waals surface area contributed by atoms with Crippen LogP contribution in [0, 0.1) is 0 Å². The predicted octanol–water partition coefficient (Wildman–Crippen LogP) is 1.47. The molecule has 0 aliphatic rings. The highest BCUT2D eigenvalue weighted by molar-refractivity contribution is 4.52. The minimum Gasteiger partial charge on any atom is -0.383 e. The Morgan fingerprint density at radius 3 is 2.29 bits per heavy atom. The first-order chi connectivity index (χ1) is 6.81. The van der Waals surface area contributed by atoms with E-state index in [1.165, 1.54) is 38.6 Å². The Morgan fingerprint density at radius 2 is 1.64 bits per heavy atom. The zero-order chi connectivity index (χ0) is 10.6. The summed E-state index contributed by atoms with van der Waals surface area (Å²) in [4.78, 5) is 2.33. The summed E-state index contributed by atoms with van der Waals surface area (Å²) >= 11 is 0. The first-order valence-electron chi connectivity index (χ1n) is 5.68. The zero-order valence-corrected chi connectivity index (χ0v) is 9.80. The number of unbranched alkanes of at least 4 members (excludes halogenated alkanes) is 4.